The highest BCUT2D eigenvalue weighted by Crippen LogP contribution is 2.13. The molecule has 0 aliphatic carbocycles. The lowest BCUT2D eigenvalue weighted by molar-refractivity contribution is -0.493. The average molecular weight is 311 g/mol. The number of nitrogens with zero attached hydrogens (tertiary/aromatic N) is 1. The molecular formula is C21H44N+. The largest absolute Gasteiger partial charge is 0.242 e. The Morgan fingerprint density at radius 3 is 1.18 bits per heavy atom. The topological polar surface area (TPSA) is 3.01 Å². The first-order chi connectivity index (χ1) is 10.8. The molecule has 132 valence electrons. The summed E-state index contributed by atoms with van der Waals surface area (Å²) < 4.78 is 2.30. The smallest absolute Gasteiger partial charge is 0.142 e. The molecule has 0 bridgehead atoms. The third-order valence-corrected chi connectivity index (χ3v) is 4.81. The minimum Gasteiger partial charge on any atom is -0.242 e. The van der Waals surface area contributed by atoms with Crippen molar-refractivity contribution >= 4 is 6.21 Å². The van der Waals surface area contributed by atoms with Crippen LogP contribution in [-0.2, 0) is 0 Å². The lowest BCUT2D eigenvalue weighted by Gasteiger charge is -2.03. The zero-order valence-corrected chi connectivity index (χ0v) is 16.0. The van der Waals surface area contributed by atoms with Crippen LogP contribution in [0.25, 0.3) is 0 Å². The van der Waals surface area contributed by atoms with E-state index in [-0.39, 0.29) is 0 Å². The Morgan fingerprint density at radius 2 is 0.864 bits per heavy atom. The van der Waals surface area contributed by atoms with Crippen molar-refractivity contribution in [1.82, 2.24) is 0 Å². The number of hydrogen-bond acceptors (Lipinski definition) is 0. The van der Waals surface area contributed by atoms with Gasteiger partial charge in [-0.1, -0.05) is 96.8 Å². The lowest BCUT2D eigenvalue weighted by atomic mass is 10.0. The quantitative estimate of drug-likeness (QED) is 0.155. The van der Waals surface area contributed by atoms with Crippen LogP contribution in [0.5, 0.6) is 0 Å². The molecule has 0 saturated carbocycles. The maximum absolute atomic E-state index is 2.30. The molecule has 0 unspecified atom stereocenters. The Balaban J connectivity index is 3.00. The molecule has 0 N–H and O–H groups in total. The SMILES string of the molecule is CC=[N+](C)CCCCCCCCCCCCCCCCCC. The van der Waals surface area contributed by atoms with Gasteiger partial charge in [0.15, 0.2) is 0 Å². The van der Waals surface area contributed by atoms with Crippen molar-refractivity contribution in [1.29, 1.82) is 0 Å². The predicted molar refractivity (Wildman–Crippen MR) is 102 cm³/mol. The fourth-order valence-electron chi connectivity index (χ4n) is 3.04. The lowest BCUT2D eigenvalue weighted by Crippen LogP contribution is -2.06. The summed E-state index contributed by atoms with van der Waals surface area (Å²) in [5, 5.41) is 0. The van der Waals surface area contributed by atoms with E-state index in [9.17, 15) is 0 Å². The van der Waals surface area contributed by atoms with E-state index in [1.165, 1.54) is 109 Å². The third-order valence-electron chi connectivity index (χ3n) is 4.81. The first-order valence-electron chi connectivity index (χ1n) is 10.3. The van der Waals surface area contributed by atoms with Gasteiger partial charge in [-0.3, -0.25) is 0 Å². The molecule has 0 aromatic heterocycles. The number of hydrogen-bond donors (Lipinski definition) is 0. The van der Waals surface area contributed by atoms with Crippen LogP contribution in [0.3, 0.4) is 0 Å². The summed E-state index contributed by atoms with van der Waals surface area (Å²) in [5.41, 5.74) is 0. The molecule has 0 amide bonds. The van der Waals surface area contributed by atoms with Crippen LogP contribution >= 0.6 is 0 Å². The van der Waals surface area contributed by atoms with Gasteiger partial charge in [0, 0.05) is 13.3 Å². The van der Waals surface area contributed by atoms with Crippen molar-refractivity contribution in [3.63, 3.8) is 0 Å². The Morgan fingerprint density at radius 1 is 0.545 bits per heavy atom. The molecule has 0 aromatic carbocycles. The Hall–Kier alpha value is -0.330. The molecule has 0 aromatic rings. The summed E-state index contributed by atoms with van der Waals surface area (Å²) in [5.74, 6) is 0. The highest BCUT2D eigenvalue weighted by atomic mass is 14.9. The van der Waals surface area contributed by atoms with E-state index >= 15 is 0 Å². The van der Waals surface area contributed by atoms with Gasteiger partial charge in [-0.15, -0.1) is 0 Å². The van der Waals surface area contributed by atoms with Gasteiger partial charge in [-0.25, -0.2) is 4.58 Å². The molecule has 0 rings (SSSR count). The highest BCUT2D eigenvalue weighted by Gasteiger charge is 1.96. The van der Waals surface area contributed by atoms with E-state index in [1.54, 1.807) is 0 Å². The van der Waals surface area contributed by atoms with Crippen molar-refractivity contribution in [2.75, 3.05) is 13.6 Å². The van der Waals surface area contributed by atoms with Crippen LogP contribution in [0.2, 0.25) is 0 Å². The van der Waals surface area contributed by atoms with Crippen LogP contribution in [-0.4, -0.2) is 24.4 Å². The van der Waals surface area contributed by atoms with E-state index < -0.39 is 0 Å². The van der Waals surface area contributed by atoms with E-state index in [2.05, 4.69) is 31.7 Å². The first kappa shape index (κ1) is 21.7. The number of unbranched alkanes of at least 4 members (excludes halogenated alkanes) is 15. The van der Waals surface area contributed by atoms with E-state index in [1.807, 2.05) is 0 Å². The monoisotopic (exact) mass is 310 g/mol. The van der Waals surface area contributed by atoms with Crippen LogP contribution in [0.4, 0.5) is 0 Å². The minimum atomic E-state index is 1.23. The average Bonchev–Trinajstić information content (AvgIpc) is 2.54. The van der Waals surface area contributed by atoms with Crippen LogP contribution in [0.1, 0.15) is 117 Å². The molecule has 1 nitrogen and oxygen atoms in total. The second-order valence-corrected chi connectivity index (χ2v) is 7.04. The second-order valence-electron chi connectivity index (χ2n) is 7.04. The van der Waals surface area contributed by atoms with Crippen molar-refractivity contribution in [2.24, 2.45) is 0 Å². The van der Waals surface area contributed by atoms with Crippen molar-refractivity contribution < 1.29 is 4.58 Å². The van der Waals surface area contributed by atoms with E-state index in [0.29, 0.717) is 0 Å². The Bertz CT molecular complexity index is 232. The molecule has 0 atom stereocenters. The van der Waals surface area contributed by atoms with Crippen LogP contribution in [0.15, 0.2) is 0 Å². The van der Waals surface area contributed by atoms with E-state index in [0.717, 1.165) is 0 Å². The van der Waals surface area contributed by atoms with Crippen LogP contribution in [0, 0.1) is 0 Å². The summed E-state index contributed by atoms with van der Waals surface area (Å²) in [4.78, 5) is 0. The van der Waals surface area contributed by atoms with Crippen molar-refractivity contribution in [3.8, 4) is 0 Å². The molecule has 0 saturated heterocycles. The van der Waals surface area contributed by atoms with Gasteiger partial charge in [0.2, 0.25) is 0 Å². The molecule has 0 fully saturated rings. The summed E-state index contributed by atoms with van der Waals surface area (Å²) in [6.07, 6.45) is 25.4. The van der Waals surface area contributed by atoms with Crippen molar-refractivity contribution in [2.45, 2.75) is 117 Å². The molecule has 0 spiro atoms. The minimum absolute atomic E-state index is 1.23. The molecule has 0 aliphatic rings. The standard InChI is InChI=1S/C21H44N/c1-4-6-7-8-9-10-11-12-13-14-15-16-17-18-19-20-21-22(3)5-2/h5H,4,6-21H2,1-3H3/q+1. The Kier molecular flexibility index (Phi) is 18.4. The maximum Gasteiger partial charge on any atom is 0.142 e. The molecular weight excluding hydrogens is 266 g/mol. The predicted octanol–water partition coefficient (Wildman–Crippen LogP) is 6.98. The molecule has 1 heteroatoms. The van der Waals surface area contributed by atoms with Gasteiger partial charge >= 0.3 is 0 Å². The Labute approximate surface area is 141 Å². The highest BCUT2D eigenvalue weighted by molar-refractivity contribution is 5.46. The second kappa shape index (κ2) is 18.7. The van der Waals surface area contributed by atoms with Crippen LogP contribution < -0.4 is 0 Å². The molecule has 0 aliphatic heterocycles. The third kappa shape index (κ3) is 17.7. The summed E-state index contributed by atoms with van der Waals surface area (Å²) in [6.45, 7) is 5.64. The summed E-state index contributed by atoms with van der Waals surface area (Å²) in [6, 6.07) is 0. The van der Waals surface area contributed by atoms with Crippen molar-refractivity contribution in [3.05, 3.63) is 0 Å². The summed E-state index contributed by atoms with van der Waals surface area (Å²) in [7, 11) is 2.17. The normalized spacial score (nSPS) is 12.0. The molecule has 0 heterocycles. The fraction of sp³-hybridized carbons (Fsp3) is 0.952. The van der Waals surface area contributed by atoms with Gasteiger partial charge in [0.25, 0.3) is 0 Å². The van der Waals surface area contributed by atoms with Gasteiger partial charge in [-0.2, -0.15) is 0 Å². The molecule has 0 radical (unpaired) electrons. The van der Waals surface area contributed by atoms with Gasteiger partial charge in [-0.05, 0) is 6.42 Å². The van der Waals surface area contributed by atoms with E-state index in [4.69, 9.17) is 0 Å². The maximum atomic E-state index is 2.30. The zero-order chi connectivity index (χ0) is 16.3. The zero-order valence-electron chi connectivity index (χ0n) is 16.0. The van der Waals surface area contributed by atoms with Gasteiger partial charge < -0.3 is 0 Å². The molecule has 22 heavy (non-hydrogen) atoms. The first-order valence-corrected chi connectivity index (χ1v) is 10.3. The van der Waals surface area contributed by atoms with Gasteiger partial charge in [0.05, 0.1) is 0 Å². The summed E-state index contributed by atoms with van der Waals surface area (Å²) >= 11 is 0. The fourth-order valence-corrected chi connectivity index (χ4v) is 3.04. The number of rotatable bonds is 17. The van der Waals surface area contributed by atoms with Gasteiger partial charge in [0.1, 0.15) is 19.8 Å².